The van der Waals surface area contributed by atoms with Gasteiger partial charge in [-0.05, 0) is 12.1 Å². The van der Waals surface area contributed by atoms with Crippen molar-refractivity contribution >= 4 is 22.4 Å². The van der Waals surface area contributed by atoms with Crippen molar-refractivity contribution in [2.24, 2.45) is 0 Å². The molecule has 1 amide bonds. The van der Waals surface area contributed by atoms with Crippen LogP contribution in [0.4, 0.5) is 5.13 Å². The molecule has 2 aromatic heterocycles. The number of nitrogens with one attached hydrogen (secondary N) is 1. The molecule has 0 spiro atoms. The molecule has 2 aromatic rings. The molecule has 0 saturated carbocycles. The maximum atomic E-state index is 11.6. The number of amides is 1. The van der Waals surface area contributed by atoms with E-state index >= 15 is 0 Å². The Balaban J connectivity index is 1.85. The van der Waals surface area contributed by atoms with Gasteiger partial charge >= 0.3 is 0 Å². The molecule has 2 rings (SSSR count). The second-order valence-corrected chi connectivity index (χ2v) is 4.70. The summed E-state index contributed by atoms with van der Waals surface area (Å²) in [5, 5.41) is 11.6. The minimum absolute atomic E-state index is 0.0398. The molecule has 106 valence electrons. The molecule has 2 heterocycles. The zero-order valence-corrected chi connectivity index (χ0v) is 11.7. The monoisotopic (exact) mass is 294 g/mol. The summed E-state index contributed by atoms with van der Waals surface area (Å²) in [5.74, 6) is -0.273. The van der Waals surface area contributed by atoms with Crippen LogP contribution in [-0.2, 0) is 14.3 Å². The van der Waals surface area contributed by atoms with Crippen molar-refractivity contribution in [1.29, 1.82) is 0 Å². The molecule has 0 saturated heterocycles. The average Bonchev–Trinajstić information content (AvgIpc) is 2.93. The van der Waals surface area contributed by atoms with E-state index in [0.717, 1.165) is 5.69 Å². The summed E-state index contributed by atoms with van der Waals surface area (Å²) in [6, 6.07) is 5.52. The number of methoxy groups -OCH3 is 1. The van der Waals surface area contributed by atoms with Gasteiger partial charge in [-0.15, -0.1) is 10.2 Å². The number of ether oxygens (including phenoxy) is 2. The van der Waals surface area contributed by atoms with Crippen molar-refractivity contribution in [3.63, 3.8) is 0 Å². The number of hydrogen-bond donors (Lipinski definition) is 1. The van der Waals surface area contributed by atoms with Gasteiger partial charge in [-0.3, -0.25) is 15.1 Å². The largest absolute Gasteiger partial charge is 0.382 e. The van der Waals surface area contributed by atoms with Crippen molar-refractivity contribution in [3.05, 3.63) is 24.4 Å². The molecule has 0 aromatic carbocycles. The highest BCUT2D eigenvalue weighted by atomic mass is 32.1. The average molecular weight is 294 g/mol. The van der Waals surface area contributed by atoms with Crippen LogP contribution in [0.25, 0.3) is 10.7 Å². The predicted octanol–water partition coefficient (Wildman–Crippen LogP) is 1.20. The third-order valence-electron chi connectivity index (χ3n) is 2.22. The van der Waals surface area contributed by atoms with Gasteiger partial charge in [0.25, 0.3) is 5.91 Å². The lowest BCUT2D eigenvalue weighted by Gasteiger charge is -2.02. The van der Waals surface area contributed by atoms with Crippen molar-refractivity contribution in [3.8, 4) is 10.7 Å². The van der Waals surface area contributed by atoms with Crippen LogP contribution in [0.3, 0.4) is 0 Å². The number of aromatic nitrogens is 3. The smallest absolute Gasteiger partial charge is 0.252 e. The Hall–Kier alpha value is -1.90. The summed E-state index contributed by atoms with van der Waals surface area (Å²) < 4.78 is 9.92. The van der Waals surface area contributed by atoms with E-state index in [1.807, 2.05) is 18.2 Å². The summed E-state index contributed by atoms with van der Waals surface area (Å²) in [7, 11) is 1.57. The van der Waals surface area contributed by atoms with Crippen molar-refractivity contribution < 1.29 is 14.3 Å². The number of rotatable bonds is 7. The summed E-state index contributed by atoms with van der Waals surface area (Å²) >= 11 is 1.26. The van der Waals surface area contributed by atoms with E-state index in [9.17, 15) is 4.79 Å². The van der Waals surface area contributed by atoms with Gasteiger partial charge in [0.15, 0.2) is 5.01 Å². The number of carbonyl (C=O) groups excluding carboxylic acids is 1. The molecule has 0 fully saturated rings. The molecule has 20 heavy (non-hydrogen) atoms. The van der Waals surface area contributed by atoms with E-state index in [4.69, 9.17) is 9.47 Å². The highest BCUT2D eigenvalue weighted by Crippen LogP contribution is 2.24. The highest BCUT2D eigenvalue weighted by molar-refractivity contribution is 7.18. The van der Waals surface area contributed by atoms with Gasteiger partial charge in [-0.2, -0.15) is 0 Å². The summed E-state index contributed by atoms with van der Waals surface area (Å²) in [5.41, 5.74) is 0.724. The minimum atomic E-state index is -0.273. The van der Waals surface area contributed by atoms with E-state index in [2.05, 4.69) is 20.5 Å². The number of nitrogens with zero attached hydrogens (tertiary/aromatic N) is 3. The zero-order chi connectivity index (χ0) is 14.2. The molecule has 0 aliphatic carbocycles. The molecule has 0 unspecified atom stereocenters. The number of anilines is 1. The van der Waals surface area contributed by atoms with Crippen LogP contribution in [-0.4, -0.2) is 48.0 Å². The van der Waals surface area contributed by atoms with Gasteiger partial charge in [-0.25, -0.2) is 0 Å². The first-order valence-electron chi connectivity index (χ1n) is 5.91. The minimum Gasteiger partial charge on any atom is -0.382 e. The van der Waals surface area contributed by atoms with Crippen LogP contribution in [0.2, 0.25) is 0 Å². The second kappa shape index (κ2) is 7.63. The van der Waals surface area contributed by atoms with E-state index < -0.39 is 0 Å². The lowest BCUT2D eigenvalue weighted by atomic mass is 10.4. The topological polar surface area (TPSA) is 86.2 Å². The van der Waals surface area contributed by atoms with Gasteiger partial charge in [-0.1, -0.05) is 17.4 Å². The fourth-order valence-electron chi connectivity index (χ4n) is 1.33. The lowest BCUT2D eigenvalue weighted by Crippen LogP contribution is -2.19. The molecule has 7 nitrogen and oxygen atoms in total. The van der Waals surface area contributed by atoms with Crippen LogP contribution in [0.5, 0.6) is 0 Å². The molecular weight excluding hydrogens is 280 g/mol. The van der Waals surface area contributed by atoms with E-state index in [1.54, 1.807) is 13.3 Å². The first kappa shape index (κ1) is 14.5. The maximum absolute atomic E-state index is 11.6. The molecule has 8 heteroatoms. The van der Waals surface area contributed by atoms with Crippen molar-refractivity contribution in [2.45, 2.75) is 0 Å². The van der Waals surface area contributed by atoms with E-state index in [1.165, 1.54) is 11.3 Å². The Kier molecular flexibility index (Phi) is 5.54. The normalized spacial score (nSPS) is 10.4. The fourth-order valence-corrected chi connectivity index (χ4v) is 2.07. The van der Waals surface area contributed by atoms with Crippen LogP contribution >= 0.6 is 11.3 Å². The van der Waals surface area contributed by atoms with Crippen LogP contribution in [0, 0.1) is 0 Å². The Morgan fingerprint density at radius 2 is 2.25 bits per heavy atom. The Labute approximate surface area is 120 Å². The number of carbonyl (C=O) groups is 1. The number of pyridine rings is 1. The molecule has 0 bridgehead atoms. The SMILES string of the molecule is COCCOCC(=O)Nc1nnc(-c2ccccn2)s1. The molecular formula is C12H14N4O3S. The molecule has 1 N–H and O–H groups in total. The molecule has 0 radical (unpaired) electrons. The summed E-state index contributed by atoms with van der Waals surface area (Å²) in [4.78, 5) is 15.7. The first-order valence-corrected chi connectivity index (χ1v) is 6.72. The van der Waals surface area contributed by atoms with Gasteiger partial charge in [0.1, 0.15) is 12.3 Å². The lowest BCUT2D eigenvalue weighted by molar-refractivity contribution is -0.121. The van der Waals surface area contributed by atoms with Gasteiger partial charge in [0.05, 0.1) is 13.2 Å². The molecule has 0 aliphatic rings. The van der Waals surface area contributed by atoms with Crippen LogP contribution in [0.1, 0.15) is 0 Å². The summed E-state index contributed by atoms with van der Waals surface area (Å²) in [6.07, 6.45) is 1.68. The van der Waals surface area contributed by atoms with E-state index in [-0.39, 0.29) is 12.5 Å². The van der Waals surface area contributed by atoms with Crippen LogP contribution < -0.4 is 5.32 Å². The Bertz CT molecular complexity index is 547. The van der Waals surface area contributed by atoms with Gasteiger partial charge < -0.3 is 9.47 Å². The number of hydrogen-bond acceptors (Lipinski definition) is 7. The second-order valence-electron chi connectivity index (χ2n) is 3.72. The maximum Gasteiger partial charge on any atom is 0.252 e. The fraction of sp³-hybridized carbons (Fsp3) is 0.333. The van der Waals surface area contributed by atoms with Gasteiger partial charge in [0, 0.05) is 13.3 Å². The molecule has 0 atom stereocenters. The van der Waals surface area contributed by atoms with Gasteiger partial charge in [0.2, 0.25) is 5.13 Å². The highest BCUT2D eigenvalue weighted by Gasteiger charge is 2.10. The quantitative estimate of drug-likeness (QED) is 0.772. The van der Waals surface area contributed by atoms with Crippen molar-refractivity contribution in [2.75, 3.05) is 32.2 Å². The Morgan fingerprint density at radius 3 is 3.00 bits per heavy atom. The Morgan fingerprint density at radius 1 is 1.35 bits per heavy atom. The predicted molar refractivity (Wildman–Crippen MR) is 74.5 cm³/mol. The summed E-state index contributed by atoms with van der Waals surface area (Å²) in [6.45, 7) is 0.789. The van der Waals surface area contributed by atoms with Crippen LogP contribution in [0.15, 0.2) is 24.4 Å². The van der Waals surface area contributed by atoms with Crippen molar-refractivity contribution in [1.82, 2.24) is 15.2 Å². The third kappa shape index (κ3) is 4.34. The molecule has 0 aliphatic heterocycles. The first-order chi connectivity index (χ1) is 9.79. The standard InChI is InChI=1S/C12H14N4O3S/c1-18-6-7-19-8-10(17)14-12-16-15-11(20-12)9-4-2-3-5-13-9/h2-5H,6-8H2,1H3,(H,14,16,17). The zero-order valence-electron chi connectivity index (χ0n) is 10.9. The third-order valence-corrected chi connectivity index (χ3v) is 3.08. The van der Waals surface area contributed by atoms with E-state index in [0.29, 0.717) is 23.4 Å².